The molecule has 1 aromatic heterocycles. The average Bonchev–Trinajstić information content (AvgIpc) is 2.89. The number of hydrogen-bond donors (Lipinski definition) is 2. The van der Waals surface area contributed by atoms with E-state index in [9.17, 15) is 4.79 Å². The lowest BCUT2D eigenvalue weighted by atomic mass is 10.2. The van der Waals surface area contributed by atoms with Crippen LogP contribution in [-0.4, -0.2) is 28.7 Å². The minimum atomic E-state index is -0.375. The second-order valence-corrected chi connectivity index (χ2v) is 4.92. The van der Waals surface area contributed by atoms with Gasteiger partial charge < -0.3 is 15.9 Å². The standard InChI is InChI=1S/C13H14BrN5O2/c1-16-13(20)19-7-10(14)11(17-19)12(15)18-21-8-9-5-3-2-4-6-9/h2-7H,8H2,1H3,(H2,15,18)(H,16,20). The predicted molar refractivity (Wildman–Crippen MR) is 81.7 cm³/mol. The van der Waals surface area contributed by atoms with Crippen molar-refractivity contribution in [2.45, 2.75) is 6.61 Å². The summed E-state index contributed by atoms with van der Waals surface area (Å²) in [7, 11) is 1.51. The molecule has 0 saturated heterocycles. The molecule has 0 unspecified atom stereocenters. The van der Waals surface area contributed by atoms with Crippen molar-refractivity contribution in [1.29, 1.82) is 0 Å². The Morgan fingerprint density at radius 2 is 2.19 bits per heavy atom. The molecular weight excluding hydrogens is 338 g/mol. The first-order valence-corrected chi connectivity index (χ1v) is 6.88. The fourth-order valence-corrected chi connectivity index (χ4v) is 2.02. The largest absolute Gasteiger partial charge is 0.389 e. The van der Waals surface area contributed by atoms with Crippen molar-refractivity contribution in [2.75, 3.05) is 7.05 Å². The van der Waals surface area contributed by atoms with Gasteiger partial charge in [0.2, 0.25) is 0 Å². The van der Waals surface area contributed by atoms with E-state index in [-0.39, 0.29) is 11.9 Å². The van der Waals surface area contributed by atoms with Crippen LogP contribution in [0.3, 0.4) is 0 Å². The number of carbonyl (C=O) groups excluding carboxylic acids is 1. The van der Waals surface area contributed by atoms with Crippen molar-refractivity contribution in [3.63, 3.8) is 0 Å². The summed E-state index contributed by atoms with van der Waals surface area (Å²) in [4.78, 5) is 16.6. The molecule has 1 aromatic carbocycles. The van der Waals surface area contributed by atoms with Crippen molar-refractivity contribution < 1.29 is 9.63 Å². The highest BCUT2D eigenvalue weighted by atomic mass is 79.9. The Kier molecular flexibility index (Phi) is 4.94. The van der Waals surface area contributed by atoms with Gasteiger partial charge in [0, 0.05) is 7.05 Å². The molecular formula is C13H14BrN5O2. The summed E-state index contributed by atoms with van der Waals surface area (Å²) in [6.07, 6.45) is 1.49. The smallest absolute Gasteiger partial charge is 0.341 e. The van der Waals surface area contributed by atoms with E-state index < -0.39 is 0 Å². The zero-order valence-corrected chi connectivity index (χ0v) is 12.9. The van der Waals surface area contributed by atoms with E-state index in [0.29, 0.717) is 16.8 Å². The number of aromatic nitrogens is 2. The Morgan fingerprint density at radius 1 is 1.48 bits per heavy atom. The number of halogens is 1. The molecule has 1 amide bonds. The SMILES string of the molecule is CNC(=O)n1cc(Br)c(/C(N)=N\OCc2ccccc2)n1. The van der Waals surface area contributed by atoms with E-state index in [4.69, 9.17) is 10.6 Å². The van der Waals surface area contributed by atoms with E-state index in [0.717, 1.165) is 10.2 Å². The van der Waals surface area contributed by atoms with Gasteiger partial charge in [-0.15, -0.1) is 0 Å². The monoisotopic (exact) mass is 351 g/mol. The third-order valence-electron chi connectivity index (χ3n) is 2.57. The first-order chi connectivity index (χ1) is 10.1. The minimum Gasteiger partial charge on any atom is -0.389 e. The quantitative estimate of drug-likeness (QED) is 0.497. The second-order valence-electron chi connectivity index (χ2n) is 4.06. The van der Waals surface area contributed by atoms with E-state index >= 15 is 0 Å². The molecule has 0 radical (unpaired) electrons. The topological polar surface area (TPSA) is 94.5 Å². The first-order valence-electron chi connectivity index (χ1n) is 6.08. The molecule has 0 aliphatic carbocycles. The molecule has 0 saturated carbocycles. The molecule has 0 bridgehead atoms. The number of nitrogens with two attached hydrogens (primary N) is 1. The van der Waals surface area contributed by atoms with Crippen molar-refractivity contribution >= 4 is 27.8 Å². The summed E-state index contributed by atoms with van der Waals surface area (Å²) in [5, 5.41) is 10.3. The summed E-state index contributed by atoms with van der Waals surface area (Å²) in [6.45, 7) is 0.301. The van der Waals surface area contributed by atoms with Crippen LogP contribution in [0.1, 0.15) is 11.3 Å². The summed E-state index contributed by atoms with van der Waals surface area (Å²) in [6, 6.07) is 9.20. The van der Waals surface area contributed by atoms with Crippen molar-refractivity contribution in [3.8, 4) is 0 Å². The highest BCUT2D eigenvalue weighted by Crippen LogP contribution is 2.14. The van der Waals surface area contributed by atoms with E-state index in [1.807, 2.05) is 30.3 Å². The van der Waals surface area contributed by atoms with Crippen molar-refractivity contribution in [1.82, 2.24) is 15.1 Å². The lowest BCUT2D eigenvalue weighted by molar-refractivity contribution is 0.130. The molecule has 2 rings (SSSR count). The number of amides is 1. The van der Waals surface area contributed by atoms with Gasteiger partial charge in [-0.05, 0) is 21.5 Å². The maximum absolute atomic E-state index is 11.5. The molecule has 0 spiro atoms. The Morgan fingerprint density at radius 3 is 2.86 bits per heavy atom. The van der Waals surface area contributed by atoms with Gasteiger partial charge in [-0.25, -0.2) is 4.79 Å². The molecule has 0 aliphatic rings. The fourth-order valence-electron chi connectivity index (χ4n) is 1.54. The van der Waals surface area contributed by atoms with Gasteiger partial charge >= 0.3 is 6.03 Å². The second kappa shape index (κ2) is 6.89. The van der Waals surface area contributed by atoms with Crippen LogP contribution in [0.15, 0.2) is 46.2 Å². The van der Waals surface area contributed by atoms with E-state index in [1.165, 1.54) is 13.2 Å². The van der Waals surface area contributed by atoms with Gasteiger partial charge in [0.1, 0.15) is 12.3 Å². The molecule has 2 aromatic rings. The highest BCUT2D eigenvalue weighted by Gasteiger charge is 2.14. The van der Waals surface area contributed by atoms with Gasteiger partial charge in [0.15, 0.2) is 5.84 Å². The van der Waals surface area contributed by atoms with Gasteiger partial charge in [-0.1, -0.05) is 35.5 Å². The zero-order valence-electron chi connectivity index (χ0n) is 11.3. The number of nitrogens with zero attached hydrogens (tertiary/aromatic N) is 3. The summed E-state index contributed by atoms with van der Waals surface area (Å²) in [5.74, 6) is 0.0838. The van der Waals surface area contributed by atoms with Crippen molar-refractivity contribution in [3.05, 3.63) is 52.3 Å². The fraction of sp³-hybridized carbons (Fsp3) is 0.154. The number of amidine groups is 1. The van der Waals surface area contributed by atoms with Crippen LogP contribution in [0, 0.1) is 0 Å². The Hall–Kier alpha value is -2.35. The van der Waals surface area contributed by atoms with Gasteiger partial charge in [0.25, 0.3) is 0 Å². The lowest BCUT2D eigenvalue weighted by Crippen LogP contribution is -2.25. The maximum Gasteiger partial charge on any atom is 0.341 e. The maximum atomic E-state index is 11.5. The molecule has 21 heavy (non-hydrogen) atoms. The summed E-state index contributed by atoms with van der Waals surface area (Å²) >= 11 is 3.27. The number of hydrogen-bond acceptors (Lipinski definition) is 4. The third kappa shape index (κ3) is 3.82. The molecule has 3 N–H and O–H groups in total. The molecule has 110 valence electrons. The Bertz CT molecular complexity index is 654. The highest BCUT2D eigenvalue weighted by molar-refractivity contribution is 9.10. The van der Waals surface area contributed by atoms with Crippen LogP contribution in [0.25, 0.3) is 0 Å². The predicted octanol–water partition coefficient (Wildman–Crippen LogP) is 1.67. The Labute approximate surface area is 129 Å². The summed E-state index contributed by atoms with van der Waals surface area (Å²) in [5.41, 5.74) is 7.12. The average molecular weight is 352 g/mol. The van der Waals surface area contributed by atoms with Crippen LogP contribution < -0.4 is 11.1 Å². The van der Waals surface area contributed by atoms with E-state index in [2.05, 4.69) is 31.5 Å². The number of nitrogens with one attached hydrogen (secondary N) is 1. The third-order valence-corrected chi connectivity index (χ3v) is 3.15. The zero-order chi connectivity index (χ0) is 15.2. The number of benzene rings is 1. The van der Waals surface area contributed by atoms with E-state index in [1.54, 1.807) is 0 Å². The van der Waals surface area contributed by atoms with Crippen molar-refractivity contribution in [2.24, 2.45) is 10.9 Å². The van der Waals surface area contributed by atoms with Crippen LogP contribution in [0.5, 0.6) is 0 Å². The lowest BCUT2D eigenvalue weighted by Gasteiger charge is -2.01. The van der Waals surface area contributed by atoms with Crippen LogP contribution >= 0.6 is 15.9 Å². The molecule has 8 heteroatoms. The number of rotatable bonds is 4. The normalized spacial score (nSPS) is 11.2. The number of oxime groups is 1. The molecule has 0 aliphatic heterocycles. The summed E-state index contributed by atoms with van der Waals surface area (Å²) < 4.78 is 1.68. The number of carbonyl (C=O) groups is 1. The minimum absolute atomic E-state index is 0.0838. The molecule has 0 atom stereocenters. The molecule has 0 fully saturated rings. The van der Waals surface area contributed by atoms with Gasteiger partial charge in [-0.2, -0.15) is 9.78 Å². The van der Waals surface area contributed by atoms with Gasteiger partial charge in [0.05, 0.1) is 10.7 Å². The van der Waals surface area contributed by atoms with Gasteiger partial charge in [-0.3, -0.25) is 0 Å². The van der Waals surface area contributed by atoms with Crippen LogP contribution in [-0.2, 0) is 11.4 Å². The molecule has 1 heterocycles. The van der Waals surface area contributed by atoms with Crippen LogP contribution in [0.4, 0.5) is 4.79 Å². The Balaban J connectivity index is 2.05. The first kappa shape index (κ1) is 15.0. The van der Waals surface area contributed by atoms with Crippen LogP contribution in [0.2, 0.25) is 0 Å². The molecule has 7 nitrogen and oxygen atoms in total.